The van der Waals surface area contributed by atoms with Crippen LogP contribution in [0.2, 0.25) is 0 Å². The van der Waals surface area contributed by atoms with E-state index in [0.717, 1.165) is 10.6 Å². The van der Waals surface area contributed by atoms with E-state index in [4.69, 9.17) is 4.74 Å². The molecular weight excluding hydrogens is 414 g/mol. The van der Waals surface area contributed by atoms with Crippen molar-refractivity contribution in [2.45, 2.75) is 32.6 Å². The van der Waals surface area contributed by atoms with Crippen LogP contribution in [-0.2, 0) is 24.3 Å². The lowest BCUT2D eigenvalue weighted by Gasteiger charge is -2.31. The van der Waals surface area contributed by atoms with Crippen LogP contribution in [0, 0.1) is 16.0 Å². The standard InChI is InChI=1S/C19H27N3O7S/c1-3-29-19(24)15-9-12-20(13-10-15)18(23)8-5-11-21(30(2,27)28)16-6-4-7-17(14-16)22(25)26/h4,6-7,14-15H,3,5,8-13H2,1-2H3. The van der Waals surface area contributed by atoms with Gasteiger partial charge in [-0.05, 0) is 32.3 Å². The highest BCUT2D eigenvalue weighted by molar-refractivity contribution is 7.92. The van der Waals surface area contributed by atoms with Crippen molar-refractivity contribution in [3.05, 3.63) is 34.4 Å². The van der Waals surface area contributed by atoms with Crippen LogP contribution in [0.4, 0.5) is 11.4 Å². The van der Waals surface area contributed by atoms with Gasteiger partial charge in [0.1, 0.15) is 0 Å². The molecule has 11 heteroatoms. The number of nitro groups is 1. The van der Waals surface area contributed by atoms with Gasteiger partial charge < -0.3 is 9.64 Å². The highest BCUT2D eigenvalue weighted by Crippen LogP contribution is 2.24. The first-order valence-electron chi connectivity index (χ1n) is 9.80. The molecule has 1 heterocycles. The number of hydrogen-bond acceptors (Lipinski definition) is 7. The van der Waals surface area contributed by atoms with Gasteiger partial charge in [-0.15, -0.1) is 0 Å². The van der Waals surface area contributed by atoms with Crippen LogP contribution in [0.5, 0.6) is 0 Å². The Morgan fingerprint density at radius 1 is 1.30 bits per heavy atom. The SMILES string of the molecule is CCOC(=O)C1CCN(C(=O)CCCN(c2cccc([N+](=O)[O-])c2)S(C)(=O)=O)CC1. The molecule has 1 saturated heterocycles. The van der Waals surface area contributed by atoms with E-state index >= 15 is 0 Å². The minimum absolute atomic E-state index is 0.0328. The number of likely N-dealkylation sites (tertiary alicyclic amines) is 1. The Labute approximate surface area is 176 Å². The molecule has 0 N–H and O–H groups in total. The van der Waals surface area contributed by atoms with Crippen molar-refractivity contribution < 1.29 is 27.7 Å². The van der Waals surface area contributed by atoms with Gasteiger partial charge in [0.15, 0.2) is 0 Å². The molecule has 1 aliphatic rings. The van der Waals surface area contributed by atoms with Crippen LogP contribution in [0.3, 0.4) is 0 Å². The van der Waals surface area contributed by atoms with Gasteiger partial charge in [-0.25, -0.2) is 8.42 Å². The van der Waals surface area contributed by atoms with Crippen molar-refractivity contribution in [3.8, 4) is 0 Å². The van der Waals surface area contributed by atoms with Crippen LogP contribution >= 0.6 is 0 Å². The van der Waals surface area contributed by atoms with Crippen molar-refractivity contribution >= 4 is 33.3 Å². The molecule has 10 nitrogen and oxygen atoms in total. The summed E-state index contributed by atoms with van der Waals surface area (Å²) < 4.78 is 30.4. The molecule has 0 atom stereocenters. The van der Waals surface area contributed by atoms with Crippen LogP contribution in [-0.4, -0.2) is 62.6 Å². The Hall–Kier alpha value is -2.69. The van der Waals surface area contributed by atoms with E-state index in [0.29, 0.717) is 32.5 Å². The molecule has 0 radical (unpaired) electrons. The number of carbonyl (C=O) groups excluding carboxylic acids is 2. The number of ether oxygens (including phenoxy) is 1. The molecule has 1 aliphatic heterocycles. The lowest BCUT2D eigenvalue weighted by Crippen LogP contribution is -2.41. The molecule has 0 saturated carbocycles. The maximum absolute atomic E-state index is 12.5. The first-order chi connectivity index (χ1) is 14.1. The Balaban J connectivity index is 1.92. The smallest absolute Gasteiger partial charge is 0.309 e. The summed E-state index contributed by atoms with van der Waals surface area (Å²) in [6, 6.07) is 5.39. The Morgan fingerprint density at radius 2 is 1.97 bits per heavy atom. The van der Waals surface area contributed by atoms with E-state index in [1.54, 1.807) is 11.8 Å². The molecular formula is C19H27N3O7S. The number of esters is 1. The molecule has 166 valence electrons. The predicted octanol–water partition coefficient (Wildman–Crippen LogP) is 1.94. The summed E-state index contributed by atoms with van der Waals surface area (Å²) in [5, 5.41) is 11.0. The maximum Gasteiger partial charge on any atom is 0.309 e. The average Bonchev–Trinajstić information content (AvgIpc) is 2.70. The summed E-state index contributed by atoms with van der Waals surface area (Å²) in [5.41, 5.74) is -0.0175. The zero-order valence-corrected chi connectivity index (χ0v) is 18.0. The molecule has 0 unspecified atom stereocenters. The second-order valence-corrected chi connectivity index (χ2v) is 9.03. The molecule has 0 bridgehead atoms. The largest absolute Gasteiger partial charge is 0.466 e. The monoisotopic (exact) mass is 441 g/mol. The molecule has 30 heavy (non-hydrogen) atoms. The van der Waals surface area contributed by atoms with Gasteiger partial charge in [-0.1, -0.05) is 6.07 Å². The number of sulfonamides is 1. The molecule has 0 spiro atoms. The van der Waals surface area contributed by atoms with Crippen molar-refractivity contribution in [3.63, 3.8) is 0 Å². The van der Waals surface area contributed by atoms with Gasteiger partial charge in [-0.3, -0.25) is 24.0 Å². The second-order valence-electron chi connectivity index (χ2n) is 7.12. The Kier molecular flexibility index (Phi) is 8.16. The number of carbonyl (C=O) groups is 2. The lowest BCUT2D eigenvalue weighted by atomic mass is 9.97. The van der Waals surface area contributed by atoms with Crippen LogP contribution < -0.4 is 4.31 Å². The van der Waals surface area contributed by atoms with E-state index in [1.807, 2.05) is 0 Å². The summed E-state index contributed by atoms with van der Waals surface area (Å²) in [5.74, 6) is -0.529. The number of anilines is 1. The van der Waals surface area contributed by atoms with E-state index < -0.39 is 14.9 Å². The third-order valence-electron chi connectivity index (χ3n) is 4.95. The number of rotatable bonds is 9. The molecule has 2 rings (SSSR count). The first kappa shape index (κ1) is 23.6. The van der Waals surface area contributed by atoms with E-state index in [9.17, 15) is 28.1 Å². The van der Waals surface area contributed by atoms with Gasteiger partial charge in [-0.2, -0.15) is 0 Å². The average molecular weight is 442 g/mol. The predicted molar refractivity (Wildman–Crippen MR) is 110 cm³/mol. The lowest BCUT2D eigenvalue weighted by molar-refractivity contribution is -0.384. The third-order valence-corrected chi connectivity index (χ3v) is 6.14. The van der Waals surface area contributed by atoms with Crippen molar-refractivity contribution in [1.82, 2.24) is 4.90 Å². The molecule has 1 aromatic carbocycles. The van der Waals surface area contributed by atoms with Gasteiger partial charge in [0.25, 0.3) is 5.69 Å². The van der Waals surface area contributed by atoms with Crippen molar-refractivity contribution in [2.75, 3.05) is 36.8 Å². The fourth-order valence-corrected chi connectivity index (χ4v) is 4.36. The fourth-order valence-electron chi connectivity index (χ4n) is 3.40. The number of benzene rings is 1. The Morgan fingerprint density at radius 3 is 2.53 bits per heavy atom. The second kappa shape index (κ2) is 10.4. The van der Waals surface area contributed by atoms with Gasteiger partial charge in [0, 0.05) is 38.2 Å². The summed E-state index contributed by atoms with van der Waals surface area (Å²) >= 11 is 0. The molecule has 0 aromatic heterocycles. The normalized spacial score (nSPS) is 14.9. The highest BCUT2D eigenvalue weighted by atomic mass is 32.2. The van der Waals surface area contributed by atoms with Crippen LogP contribution in [0.15, 0.2) is 24.3 Å². The number of non-ortho nitro benzene ring substituents is 1. The topological polar surface area (TPSA) is 127 Å². The number of nitro benzene ring substituents is 1. The highest BCUT2D eigenvalue weighted by Gasteiger charge is 2.28. The van der Waals surface area contributed by atoms with Crippen LogP contribution in [0.1, 0.15) is 32.6 Å². The number of hydrogen-bond donors (Lipinski definition) is 0. The minimum Gasteiger partial charge on any atom is -0.466 e. The molecule has 0 aliphatic carbocycles. The maximum atomic E-state index is 12.5. The van der Waals surface area contributed by atoms with Gasteiger partial charge >= 0.3 is 5.97 Å². The zero-order chi connectivity index (χ0) is 22.3. The molecule has 1 aromatic rings. The van der Waals surface area contributed by atoms with Gasteiger partial charge in [0.05, 0.1) is 29.4 Å². The minimum atomic E-state index is -3.67. The van der Waals surface area contributed by atoms with Crippen molar-refractivity contribution in [2.24, 2.45) is 5.92 Å². The third kappa shape index (κ3) is 6.41. The first-order valence-corrected chi connectivity index (χ1v) is 11.6. The summed E-state index contributed by atoms with van der Waals surface area (Å²) in [7, 11) is -3.67. The fraction of sp³-hybridized carbons (Fsp3) is 0.579. The van der Waals surface area contributed by atoms with E-state index in [-0.39, 0.29) is 48.6 Å². The van der Waals surface area contributed by atoms with Gasteiger partial charge in [0.2, 0.25) is 15.9 Å². The van der Waals surface area contributed by atoms with Crippen LogP contribution in [0.25, 0.3) is 0 Å². The zero-order valence-electron chi connectivity index (χ0n) is 17.2. The number of nitrogens with zero attached hydrogens (tertiary/aromatic N) is 3. The summed E-state index contributed by atoms with van der Waals surface area (Å²) in [4.78, 5) is 36.3. The van der Waals surface area contributed by atoms with E-state index in [2.05, 4.69) is 0 Å². The summed E-state index contributed by atoms with van der Waals surface area (Å²) in [6.07, 6.45) is 2.53. The Bertz CT molecular complexity index is 880. The molecule has 1 amide bonds. The quantitative estimate of drug-likeness (QED) is 0.325. The van der Waals surface area contributed by atoms with Crippen molar-refractivity contribution in [1.29, 1.82) is 0 Å². The van der Waals surface area contributed by atoms with E-state index in [1.165, 1.54) is 24.3 Å². The number of amides is 1. The summed E-state index contributed by atoms with van der Waals surface area (Å²) in [6.45, 7) is 3.04. The molecule has 1 fully saturated rings. The number of piperidine rings is 1.